The fourth-order valence-electron chi connectivity index (χ4n) is 6.50. The van der Waals surface area contributed by atoms with Crippen molar-refractivity contribution in [2.75, 3.05) is 0 Å². The molecule has 164 valence electrons. The summed E-state index contributed by atoms with van der Waals surface area (Å²) in [6.07, 6.45) is 19.5. The zero-order valence-electron chi connectivity index (χ0n) is 20.0. The van der Waals surface area contributed by atoms with E-state index >= 15 is 0 Å². The second-order valence-electron chi connectivity index (χ2n) is 11.3. The summed E-state index contributed by atoms with van der Waals surface area (Å²) in [7, 11) is 0. The third-order valence-corrected chi connectivity index (χ3v) is 8.99. The zero-order chi connectivity index (χ0) is 21.2. The Morgan fingerprint density at radius 3 is 2.41 bits per heavy atom. The van der Waals surface area contributed by atoms with Crippen molar-refractivity contribution in [3.8, 4) is 0 Å². The Bertz CT molecular complexity index is 639. The predicted molar refractivity (Wildman–Crippen MR) is 126 cm³/mol. The maximum atomic E-state index is 10.1. The van der Waals surface area contributed by atoms with E-state index < -0.39 is 0 Å². The smallest absolute Gasteiger partial charge is 0.0577 e. The van der Waals surface area contributed by atoms with Crippen molar-refractivity contribution in [1.29, 1.82) is 0 Å². The third kappa shape index (κ3) is 5.09. The summed E-state index contributed by atoms with van der Waals surface area (Å²) in [5.41, 5.74) is 3.63. The van der Waals surface area contributed by atoms with E-state index in [9.17, 15) is 5.11 Å². The summed E-state index contributed by atoms with van der Waals surface area (Å²) in [4.78, 5) is 0. The van der Waals surface area contributed by atoms with Crippen molar-refractivity contribution in [2.45, 2.75) is 99.0 Å². The molecule has 0 heterocycles. The molecule has 0 radical (unpaired) electrons. The lowest BCUT2D eigenvalue weighted by molar-refractivity contribution is 0.112. The number of fused-ring (bicyclic) bond motifs is 1. The SMILES string of the molecule is CC(C)[C@H](C)C=C[C@H](C)[C@H]1CC[C@H]2C(=CC=C3C[C@H](O)CC[C@H]3C)CCC[C@@]12C. The van der Waals surface area contributed by atoms with Gasteiger partial charge in [0.15, 0.2) is 0 Å². The normalized spacial score (nSPS) is 40.7. The van der Waals surface area contributed by atoms with Gasteiger partial charge >= 0.3 is 0 Å². The Balaban J connectivity index is 1.74. The topological polar surface area (TPSA) is 20.2 Å². The Hall–Kier alpha value is -0.820. The molecule has 3 aliphatic carbocycles. The van der Waals surface area contributed by atoms with Crippen molar-refractivity contribution in [1.82, 2.24) is 0 Å². The minimum Gasteiger partial charge on any atom is -0.393 e. The van der Waals surface area contributed by atoms with Crippen LogP contribution in [0.3, 0.4) is 0 Å². The zero-order valence-corrected chi connectivity index (χ0v) is 20.0. The number of aliphatic hydroxyl groups excluding tert-OH is 1. The maximum absolute atomic E-state index is 10.1. The van der Waals surface area contributed by atoms with Crippen molar-refractivity contribution in [3.63, 3.8) is 0 Å². The third-order valence-electron chi connectivity index (χ3n) is 8.99. The van der Waals surface area contributed by atoms with E-state index in [0.29, 0.717) is 23.2 Å². The van der Waals surface area contributed by atoms with Crippen LogP contribution in [0.25, 0.3) is 0 Å². The van der Waals surface area contributed by atoms with Crippen LogP contribution in [0.15, 0.2) is 35.5 Å². The Kier molecular flexibility index (Phi) is 7.52. The molecule has 3 aliphatic rings. The van der Waals surface area contributed by atoms with Crippen LogP contribution in [0.2, 0.25) is 0 Å². The second-order valence-corrected chi connectivity index (χ2v) is 11.3. The first-order valence-corrected chi connectivity index (χ1v) is 12.5. The lowest BCUT2D eigenvalue weighted by Crippen LogP contribution is -2.35. The first kappa shape index (κ1) is 22.9. The first-order chi connectivity index (χ1) is 13.7. The van der Waals surface area contributed by atoms with Crippen molar-refractivity contribution >= 4 is 0 Å². The predicted octanol–water partition coefficient (Wildman–Crippen LogP) is 7.72. The molecule has 29 heavy (non-hydrogen) atoms. The van der Waals surface area contributed by atoms with Gasteiger partial charge in [-0.2, -0.15) is 0 Å². The molecule has 0 aromatic carbocycles. The molecule has 3 rings (SSSR count). The molecule has 0 bridgehead atoms. The van der Waals surface area contributed by atoms with Gasteiger partial charge in [-0.1, -0.05) is 77.0 Å². The van der Waals surface area contributed by atoms with E-state index in [-0.39, 0.29) is 6.10 Å². The minimum atomic E-state index is -0.121. The van der Waals surface area contributed by atoms with Gasteiger partial charge in [0.1, 0.15) is 0 Å². The van der Waals surface area contributed by atoms with Crippen LogP contribution in [0, 0.1) is 40.9 Å². The molecule has 0 aromatic rings. The molecule has 3 fully saturated rings. The molecule has 1 heteroatoms. The average molecular weight is 399 g/mol. The van der Waals surface area contributed by atoms with Crippen LogP contribution in [-0.4, -0.2) is 11.2 Å². The van der Waals surface area contributed by atoms with Crippen LogP contribution in [-0.2, 0) is 0 Å². The van der Waals surface area contributed by atoms with E-state index in [4.69, 9.17) is 0 Å². The standard InChI is InChI=1S/C28H46O/c1-19(2)20(3)9-10-22(5)26-15-16-27-23(8-7-17-28(26,27)6)12-13-24-18-25(29)14-11-21(24)4/h9-10,12-13,19-22,25-27,29H,7-8,11,14-18H2,1-6H3/t20-,21-,22+,25-,26-,27+,28+/m1/s1. The lowest BCUT2D eigenvalue weighted by atomic mass is 9.61. The maximum Gasteiger partial charge on any atom is 0.0577 e. The van der Waals surface area contributed by atoms with Gasteiger partial charge in [-0.05, 0) is 92.3 Å². The molecular formula is C28H46O. The number of aliphatic hydroxyl groups is 1. The molecule has 1 nitrogen and oxygen atoms in total. The number of hydrogen-bond acceptors (Lipinski definition) is 1. The van der Waals surface area contributed by atoms with Gasteiger partial charge in [0.05, 0.1) is 6.10 Å². The van der Waals surface area contributed by atoms with Gasteiger partial charge in [0.2, 0.25) is 0 Å². The van der Waals surface area contributed by atoms with E-state index in [1.165, 1.54) is 37.7 Å². The number of hydrogen-bond donors (Lipinski definition) is 1. The Labute approximate surface area is 180 Å². The highest BCUT2D eigenvalue weighted by atomic mass is 16.3. The van der Waals surface area contributed by atoms with Crippen molar-refractivity contribution in [2.24, 2.45) is 40.9 Å². The largest absolute Gasteiger partial charge is 0.393 e. The van der Waals surface area contributed by atoms with Crippen LogP contribution >= 0.6 is 0 Å². The summed E-state index contributed by atoms with van der Waals surface area (Å²) in [5.74, 6) is 4.29. The van der Waals surface area contributed by atoms with Crippen LogP contribution in [0.1, 0.15) is 92.9 Å². The highest BCUT2D eigenvalue weighted by Gasteiger charge is 2.50. The van der Waals surface area contributed by atoms with E-state index in [2.05, 4.69) is 65.8 Å². The van der Waals surface area contributed by atoms with Gasteiger partial charge in [-0.15, -0.1) is 0 Å². The number of allylic oxidation sites excluding steroid dienone is 5. The van der Waals surface area contributed by atoms with Gasteiger partial charge in [-0.3, -0.25) is 0 Å². The molecule has 0 spiro atoms. The fraction of sp³-hybridized carbons (Fsp3) is 0.786. The molecule has 3 saturated carbocycles. The molecule has 0 unspecified atom stereocenters. The van der Waals surface area contributed by atoms with Gasteiger partial charge in [0.25, 0.3) is 0 Å². The van der Waals surface area contributed by atoms with Crippen LogP contribution < -0.4 is 0 Å². The molecule has 0 aromatic heterocycles. The highest BCUT2D eigenvalue weighted by Crippen LogP contribution is 2.59. The monoisotopic (exact) mass is 398 g/mol. The summed E-state index contributed by atoms with van der Waals surface area (Å²) < 4.78 is 0. The van der Waals surface area contributed by atoms with Crippen LogP contribution in [0.4, 0.5) is 0 Å². The van der Waals surface area contributed by atoms with Gasteiger partial charge in [-0.25, -0.2) is 0 Å². The Morgan fingerprint density at radius 2 is 1.69 bits per heavy atom. The lowest BCUT2D eigenvalue weighted by Gasteiger charge is -2.44. The molecule has 0 aliphatic heterocycles. The molecule has 7 atom stereocenters. The van der Waals surface area contributed by atoms with Gasteiger partial charge in [0, 0.05) is 0 Å². The summed E-state index contributed by atoms with van der Waals surface area (Å²) in [6.45, 7) is 14.4. The fourth-order valence-corrected chi connectivity index (χ4v) is 6.50. The summed E-state index contributed by atoms with van der Waals surface area (Å²) in [6, 6.07) is 0. The summed E-state index contributed by atoms with van der Waals surface area (Å²) in [5, 5.41) is 10.1. The average Bonchev–Trinajstić information content (AvgIpc) is 3.04. The van der Waals surface area contributed by atoms with Crippen molar-refractivity contribution in [3.05, 3.63) is 35.5 Å². The molecule has 0 saturated heterocycles. The molecular weight excluding hydrogens is 352 g/mol. The van der Waals surface area contributed by atoms with E-state index in [1.54, 1.807) is 5.57 Å². The highest BCUT2D eigenvalue weighted by molar-refractivity contribution is 5.27. The minimum absolute atomic E-state index is 0.121. The molecule has 0 amide bonds. The van der Waals surface area contributed by atoms with Crippen LogP contribution in [0.5, 0.6) is 0 Å². The Morgan fingerprint density at radius 1 is 0.966 bits per heavy atom. The van der Waals surface area contributed by atoms with Crippen molar-refractivity contribution < 1.29 is 5.11 Å². The first-order valence-electron chi connectivity index (χ1n) is 12.5. The van der Waals surface area contributed by atoms with E-state index in [0.717, 1.165) is 37.0 Å². The van der Waals surface area contributed by atoms with E-state index in [1.807, 2.05) is 0 Å². The quantitative estimate of drug-likeness (QED) is 0.470. The number of rotatable bonds is 5. The summed E-state index contributed by atoms with van der Waals surface area (Å²) >= 11 is 0. The second kappa shape index (κ2) is 9.54. The van der Waals surface area contributed by atoms with Gasteiger partial charge < -0.3 is 5.11 Å². The molecule has 1 N–H and O–H groups in total.